The topological polar surface area (TPSA) is 41.6 Å². The van der Waals surface area contributed by atoms with E-state index in [1.807, 2.05) is 25.1 Å². The van der Waals surface area contributed by atoms with Gasteiger partial charge in [0.1, 0.15) is 5.75 Å². The van der Waals surface area contributed by atoms with Crippen molar-refractivity contribution in [3.05, 3.63) is 29.8 Å². The molecule has 1 aromatic carbocycles. The molecule has 0 aromatic heterocycles. The molecule has 4 nitrogen and oxygen atoms in total. The van der Waals surface area contributed by atoms with Crippen molar-refractivity contribution in [3.63, 3.8) is 0 Å². The van der Waals surface area contributed by atoms with E-state index in [2.05, 4.69) is 37.1 Å². The lowest BCUT2D eigenvalue weighted by molar-refractivity contribution is -0.128. The van der Waals surface area contributed by atoms with E-state index in [9.17, 15) is 4.79 Å². The summed E-state index contributed by atoms with van der Waals surface area (Å²) in [5.41, 5.74) is 1.14. The SMILES string of the molecule is CCCN1CCC(NC(=O)[C@H](C)Oc2ccccc2C(C)C)CC1. The summed E-state index contributed by atoms with van der Waals surface area (Å²) in [6.45, 7) is 11.6. The third kappa shape index (κ3) is 5.23. The first-order valence-electron chi connectivity index (χ1n) is 9.29. The summed E-state index contributed by atoms with van der Waals surface area (Å²) >= 11 is 0. The lowest BCUT2D eigenvalue weighted by Crippen LogP contribution is -2.48. The van der Waals surface area contributed by atoms with Gasteiger partial charge in [-0.3, -0.25) is 4.79 Å². The first-order valence-corrected chi connectivity index (χ1v) is 9.29. The monoisotopic (exact) mass is 332 g/mol. The highest BCUT2D eigenvalue weighted by molar-refractivity contribution is 5.81. The Morgan fingerprint density at radius 2 is 1.92 bits per heavy atom. The normalized spacial score (nSPS) is 17.7. The average molecular weight is 332 g/mol. The molecule has 1 aliphatic heterocycles. The largest absolute Gasteiger partial charge is 0.481 e. The van der Waals surface area contributed by atoms with Crippen molar-refractivity contribution in [1.82, 2.24) is 10.2 Å². The number of likely N-dealkylation sites (tertiary alicyclic amines) is 1. The molecule has 1 atom stereocenters. The molecule has 0 saturated carbocycles. The number of para-hydroxylation sites is 1. The first-order chi connectivity index (χ1) is 11.5. The molecule has 1 saturated heterocycles. The van der Waals surface area contributed by atoms with Crippen molar-refractivity contribution in [2.45, 2.75) is 65.0 Å². The molecule has 1 amide bonds. The molecule has 1 heterocycles. The summed E-state index contributed by atoms with van der Waals surface area (Å²) in [6.07, 6.45) is 2.78. The van der Waals surface area contributed by atoms with Crippen LogP contribution in [0.1, 0.15) is 58.4 Å². The van der Waals surface area contributed by atoms with Crippen LogP contribution in [0.5, 0.6) is 5.75 Å². The molecule has 0 aliphatic carbocycles. The number of ether oxygens (including phenoxy) is 1. The molecule has 1 aromatic rings. The fourth-order valence-corrected chi connectivity index (χ4v) is 3.24. The fourth-order valence-electron chi connectivity index (χ4n) is 3.24. The van der Waals surface area contributed by atoms with Crippen LogP contribution in [0, 0.1) is 0 Å². The predicted octanol–water partition coefficient (Wildman–Crippen LogP) is 3.57. The lowest BCUT2D eigenvalue weighted by atomic mass is 10.0. The molecule has 2 rings (SSSR count). The summed E-state index contributed by atoms with van der Waals surface area (Å²) in [5.74, 6) is 1.18. The highest BCUT2D eigenvalue weighted by Crippen LogP contribution is 2.26. The van der Waals surface area contributed by atoms with Gasteiger partial charge in [0, 0.05) is 19.1 Å². The molecule has 24 heavy (non-hydrogen) atoms. The maximum atomic E-state index is 12.5. The maximum absolute atomic E-state index is 12.5. The van der Waals surface area contributed by atoms with E-state index >= 15 is 0 Å². The van der Waals surface area contributed by atoms with Crippen LogP contribution in [-0.4, -0.2) is 42.6 Å². The molecule has 1 fully saturated rings. The van der Waals surface area contributed by atoms with Crippen molar-refractivity contribution in [3.8, 4) is 5.75 Å². The zero-order valence-corrected chi connectivity index (χ0v) is 15.5. The lowest BCUT2D eigenvalue weighted by Gasteiger charge is -2.32. The minimum atomic E-state index is -0.474. The van der Waals surface area contributed by atoms with E-state index in [-0.39, 0.29) is 11.9 Å². The number of amides is 1. The second-order valence-electron chi connectivity index (χ2n) is 7.08. The van der Waals surface area contributed by atoms with Crippen LogP contribution in [0.25, 0.3) is 0 Å². The third-order valence-corrected chi connectivity index (χ3v) is 4.69. The van der Waals surface area contributed by atoms with Gasteiger partial charge in [-0.2, -0.15) is 0 Å². The number of hydrogen-bond acceptors (Lipinski definition) is 3. The van der Waals surface area contributed by atoms with Crippen LogP contribution >= 0.6 is 0 Å². The minimum Gasteiger partial charge on any atom is -0.481 e. The second kappa shape index (κ2) is 9.07. The standard InChI is InChI=1S/C20H32N2O2/c1-5-12-22-13-10-17(11-14-22)21-20(23)16(4)24-19-9-7-6-8-18(19)15(2)3/h6-9,15-17H,5,10-14H2,1-4H3,(H,21,23)/t16-/m0/s1. The van der Waals surface area contributed by atoms with E-state index in [1.165, 1.54) is 6.42 Å². The Morgan fingerprint density at radius 1 is 1.25 bits per heavy atom. The van der Waals surface area contributed by atoms with Crippen LogP contribution in [0.3, 0.4) is 0 Å². The van der Waals surface area contributed by atoms with E-state index in [4.69, 9.17) is 4.74 Å². The van der Waals surface area contributed by atoms with Crippen molar-refractivity contribution in [1.29, 1.82) is 0 Å². The predicted molar refractivity (Wildman–Crippen MR) is 98.5 cm³/mol. The number of carbonyl (C=O) groups is 1. The number of rotatable bonds is 7. The Kier molecular flexibility index (Phi) is 7.10. The second-order valence-corrected chi connectivity index (χ2v) is 7.08. The molecule has 0 bridgehead atoms. The summed E-state index contributed by atoms with van der Waals surface area (Å²) in [6, 6.07) is 8.25. The molecule has 1 N–H and O–H groups in total. The van der Waals surface area contributed by atoms with E-state index < -0.39 is 6.10 Å². The van der Waals surface area contributed by atoms with Gasteiger partial charge in [-0.1, -0.05) is 39.0 Å². The Morgan fingerprint density at radius 3 is 2.54 bits per heavy atom. The number of piperidine rings is 1. The number of nitrogens with one attached hydrogen (secondary N) is 1. The Balaban J connectivity index is 1.85. The average Bonchev–Trinajstić information content (AvgIpc) is 2.57. The Hall–Kier alpha value is -1.55. The molecule has 0 spiro atoms. The quantitative estimate of drug-likeness (QED) is 0.830. The highest BCUT2D eigenvalue weighted by atomic mass is 16.5. The molecule has 0 unspecified atom stereocenters. The summed E-state index contributed by atoms with van der Waals surface area (Å²) in [5, 5.41) is 3.16. The van der Waals surface area contributed by atoms with Crippen LogP contribution < -0.4 is 10.1 Å². The van der Waals surface area contributed by atoms with Crippen LogP contribution in [0.4, 0.5) is 0 Å². The maximum Gasteiger partial charge on any atom is 0.260 e. The summed E-state index contributed by atoms with van der Waals surface area (Å²) in [7, 11) is 0. The van der Waals surface area contributed by atoms with Crippen molar-refractivity contribution >= 4 is 5.91 Å². The van der Waals surface area contributed by atoms with Gasteiger partial charge >= 0.3 is 0 Å². The van der Waals surface area contributed by atoms with Gasteiger partial charge in [0.05, 0.1) is 0 Å². The van der Waals surface area contributed by atoms with Gasteiger partial charge in [-0.25, -0.2) is 0 Å². The number of hydrogen-bond donors (Lipinski definition) is 1. The summed E-state index contributed by atoms with van der Waals surface area (Å²) in [4.78, 5) is 14.9. The molecule has 0 radical (unpaired) electrons. The van der Waals surface area contributed by atoms with E-state index in [0.29, 0.717) is 5.92 Å². The Labute approximate surface area is 146 Å². The van der Waals surface area contributed by atoms with Gasteiger partial charge in [0.2, 0.25) is 0 Å². The highest BCUT2D eigenvalue weighted by Gasteiger charge is 2.23. The number of nitrogens with zero attached hydrogens (tertiary/aromatic N) is 1. The van der Waals surface area contributed by atoms with Crippen molar-refractivity contribution in [2.75, 3.05) is 19.6 Å². The summed E-state index contributed by atoms with van der Waals surface area (Å²) < 4.78 is 5.95. The molecular weight excluding hydrogens is 300 g/mol. The fraction of sp³-hybridized carbons (Fsp3) is 0.650. The van der Waals surface area contributed by atoms with Gasteiger partial charge < -0.3 is 15.0 Å². The van der Waals surface area contributed by atoms with Gasteiger partial charge in [-0.05, 0) is 50.3 Å². The number of benzene rings is 1. The smallest absolute Gasteiger partial charge is 0.260 e. The van der Waals surface area contributed by atoms with Crippen molar-refractivity contribution in [2.24, 2.45) is 0 Å². The van der Waals surface area contributed by atoms with Crippen LogP contribution in [-0.2, 0) is 4.79 Å². The van der Waals surface area contributed by atoms with Gasteiger partial charge in [0.15, 0.2) is 6.10 Å². The van der Waals surface area contributed by atoms with E-state index in [0.717, 1.165) is 43.8 Å². The van der Waals surface area contributed by atoms with Crippen LogP contribution in [0.15, 0.2) is 24.3 Å². The van der Waals surface area contributed by atoms with Crippen molar-refractivity contribution < 1.29 is 9.53 Å². The van der Waals surface area contributed by atoms with Crippen LogP contribution in [0.2, 0.25) is 0 Å². The third-order valence-electron chi connectivity index (χ3n) is 4.69. The van der Waals surface area contributed by atoms with Gasteiger partial charge in [-0.15, -0.1) is 0 Å². The zero-order valence-electron chi connectivity index (χ0n) is 15.5. The minimum absolute atomic E-state index is 0.0116. The first kappa shape index (κ1) is 18.8. The Bertz CT molecular complexity index is 522. The zero-order chi connectivity index (χ0) is 17.5. The molecule has 1 aliphatic rings. The number of carbonyl (C=O) groups excluding carboxylic acids is 1. The molecule has 4 heteroatoms. The van der Waals surface area contributed by atoms with E-state index in [1.54, 1.807) is 0 Å². The van der Waals surface area contributed by atoms with Gasteiger partial charge in [0.25, 0.3) is 5.91 Å². The molecule has 134 valence electrons. The molecular formula is C20H32N2O2.